The molecule has 2 atom stereocenters. The van der Waals surface area contributed by atoms with Crippen molar-refractivity contribution in [2.45, 2.75) is 46.7 Å². The number of carbonyl (C=O) groups is 1. The SMILES string of the molecule is CCN(CC)CCNCC1C(C(C)(C)C)N=C2C=C(/C=C/C(=O)NO)C=CN21. The van der Waals surface area contributed by atoms with E-state index in [-0.39, 0.29) is 17.5 Å². The van der Waals surface area contributed by atoms with Gasteiger partial charge in [-0.3, -0.25) is 15.0 Å². The third-order valence-electron chi connectivity index (χ3n) is 5.26. The van der Waals surface area contributed by atoms with Crippen LogP contribution < -0.4 is 10.8 Å². The molecule has 1 amide bonds. The van der Waals surface area contributed by atoms with Crippen LogP contribution in [0.3, 0.4) is 0 Å². The van der Waals surface area contributed by atoms with E-state index in [9.17, 15) is 4.79 Å². The minimum absolute atomic E-state index is 0.0457. The molecule has 7 nitrogen and oxygen atoms in total. The third kappa shape index (κ3) is 5.77. The number of nitrogens with one attached hydrogen (secondary N) is 2. The van der Waals surface area contributed by atoms with E-state index in [0.29, 0.717) is 0 Å². The maximum Gasteiger partial charge on any atom is 0.267 e. The average molecular weight is 390 g/mol. The van der Waals surface area contributed by atoms with Crippen molar-refractivity contribution in [2.75, 3.05) is 32.7 Å². The number of likely N-dealkylation sites (N-methyl/N-ethyl adjacent to an activating group) is 1. The molecule has 2 unspecified atom stereocenters. The highest BCUT2D eigenvalue weighted by molar-refractivity contribution is 5.98. The summed E-state index contributed by atoms with van der Waals surface area (Å²) in [5, 5.41) is 12.2. The number of rotatable bonds is 9. The molecular weight excluding hydrogens is 354 g/mol. The minimum Gasteiger partial charge on any atom is -0.327 e. The lowest BCUT2D eigenvalue weighted by Crippen LogP contribution is -2.48. The van der Waals surface area contributed by atoms with Gasteiger partial charge in [0, 0.05) is 31.9 Å². The number of hydrogen-bond acceptors (Lipinski definition) is 6. The molecule has 156 valence electrons. The lowest BCUT2D eigenvalue weighted by atomic mass is 9.83. The smallest absolute Gasteiger partial charge is 0.267 e. The Morgan fingerprint density at radius 1 is 1.36 bits per heavy atom. The lowest BCUT2D eigenvalue weighted by molar-refractivity contribution is -0.124. The summed E-state index contributed by atoms with van der Waals surface area (Å²) >= 11 is 0. The molecule has 0 aliphatic carbocycles. The van der Waals surface area contributed by atoms with E-state index in [0.717, 1.165) is 44.1 Å². The molecule has 0 aromatic carbocycles. The molecule has 7 heteroatoms. The number of fused-ring (bicyclic) bond motifs is 1. The first-order valence-electron chi connectivity index (χ1n) is 10.1. The van der Waals surface area contributed by atoms with Crippen molar-refractivity contribution in [1.82, 2.24) is 20.6 Å². The predicted molar refractivity (Wildman–Crippen MR) is 113 cm³/mol. The van der Waals surface area contributed by atoms with E-state index in [2.05, 4.69) is 49.7 Å². The van der Waals surface area contributed by atoms with Crippen LogP contribution in [0.5, 0.6) is 0 Å². The summed E-state index contributed by atoms with van der Waals surface area (Å²) in [5.74, 6) is 0.370. The van der Waals surface area contributed by atoms with Crippen molar-refractivity contribution in [2.24, 2.45) is 10.4 Å². The second-order valence-corrected chi connectivity index (χ2v) is 8.27. The molecule has 0 saturated heterocycles. The molecule has 0 fully saturated rings. The number of hydroxylamine groups is 1. The first-order chi connectivity index (χ1) is 13.3. The highest BCUT2D eigenvalue weighted by atomic mass is 16.5. The Labute approximate surface area is 168 Å². The summed E-state index contributed by atoms with van der Waals surface area (Å²) in [5.41, 5.74) is 2.52. The summed E-state index contributed by atoms with van der Waals surface area (Å²) in [6.07, 6.45) is 8.96. The van der Waals surface area contributed by atoms with Crippen molar-refractivity contribution in [1.29, 1.82) is 0 Å². The normalized spacial score (nSPS) is 21.9. The lowest BCUT2D eigenvalue weighted by Gasteiger charge is -2.34. The number of carbonyl (C=O) groups excluding carboxylic acids is 1. The molecule has 0 spiro atoms. The van der Waals surface area contributed by atoms with E-state index in [4.69, 9.17) is 10.2 Å². The standard InChI is InChI=1S/C21H35N5O2/c1-6-25(7-2)13-11-22-15-17-20(21(3,4)5)23-18-14-16(10-12-26(17)18)8-9-19(27)24-28/h8-10,12,14,17,20,22,28H,6-7,11,13,15H2,1-5H3,(H,24,27)/b9-8+. The van der Waals surface area contributed by atoms with E-state index < -0.39 is 5.91 Å². The van der Waals surface area contributed by atoms with Crippen molar-refractivity contribution >= 4 is 11.7 Å². The quantitative estimate of drug-likeness (QED) is 0.243. The zero-order chi connectivity index (χ0) is 20.7. The van der Waals surface area contributed by atoms with Gasteiger partial charge in [0.15, 0.2) is 0 Å². The Morgan fingerprint density at radius 2 is 2.07 bits per heavy atom. The zero-order valence-corrected chi connectivity index (χ0v) is 17.8. The van der Waals surface area contributed by atoms with Gasteiger partial charge in [-0.15, -0.1) is 0 Å². The van der Waals surface area contributed by atoms with E-state index in [1.807, 2.05) is 18.4 Å². The molecule has 0 bridgehead atoms. The Bertz CT molecular complexity index is 656. The predicted octanol–water partition coefficient (Wildman–Crippen LogP) is 1.93. The Balaban J connectivity index is 2.06. The summed E-state index contributed by atoms with van der Waals surface area (Å²) in [4.78, 5) is 20.8. The summed E-state index contributed by atoms with van der Waals surface area (Å²) in [6.45, 7) is 16.1. The van der Waals surface area contributed by atoms with Gasteiger partial charge < -0.3 is 15.1 Å². The van der Waals surface area contributed by atoms with Crippen LogP contribution in [-0.4, -0.2) is 71.6 Å². The van der Waals surface area contributed by atoms with Crippen LogP contribution in [0.1, 0.15) is 34.6 Å². The van der Waals surface area contributed by atoms with Gasteiger partial charge in [0.2, 0.25) is 0 Å². The maximum atomic E-state index is 11.2. The van der Waals surface area contributed by atoms with Gasteiger partial charge in [0.25, 0.3) is 5.91 Å². The first-order valence-corrected chi connectivity index (χ1v) is 10.1. The van der Waals surface area contributed by atoms with Gasteiger partial charge in [0.05, 0.1) is 12.1 Å². The number of hydrogen-bond donors (Lipinski definition) is 3. The van der Waals surface area contributed by atoms with Crippen LogP contribution in [0.25, 0.3) is 0 Å². The van der Waals surface area contributed by atoms with Crippen molar-refractivity contribution in [3.05, 3.63) is 36.1 Å². The van der Waals surface area contributed by atoms with Gasteiger partial charge in [-0.2, -0.15) is 0 Å². The van der Waals surface area contributed by atoms with Crippen LogP contribution >= 0.6 is 0 Å². The van der Waals surface area contributed by atoms with Crippen LogP contribution in [0, 0.1) is 5.41 Å². The van der Waals surface area contributed by atoms with Gasteiger partial charge >= 0.3 is 0 Å². The van der Waals surface area contributed by atoms with Crippen molar-refractivity contribution in [3.63, 3.8) is 0 Å². The molecular formula is C21H35N5O2. The fourth-order valence-electron chi connectivity index (χ4n) is 3.60. The van der Waals surface area contributed by atoms with Crippen LogP contribution in [0.15, 0.2) is 41.1 Å². The van der Waals surface area contributed by atoms with Gasteiger partial charge in [-0.1, -0.05) is 34.6 Å². The largest absolute Gasteiger partial charge is 0.327 e. The molecule has 0 saturated carbocycles. The number of nitrogens with zero attached hydrogens (tertiary/aromatic N) is 3. The zero-order valence-electron chi connectivity index (χ0n) is 17.8. The van der Waals surface area contributed by atoms with Crippen LogP contribution in [0.4, 0.5) is 0 Å². The molecule has 2 heterocycles. The summed E-state index contributed by atoms with van der Waals surface area (Å²) < 4.78 is 0. The maximum absolute atomic E-state index is 11.2. The fraction of sp³-hybridized carbons (Fsp3) is 0.619. The summed E-state index contributed by atoms with van der Waals surface area (Å²) in [7, 11) is 0. The third-order valence-corrected chi connectivity index (χ3v) is 5.26. The molecule has 0 radical (unpaired) electrons. The Morgan fingerprint density at radius 3 is 2.68 bits per heavy atom. The Kier molecular flexibility index (Phi) is 7.98. The van der Waals surface area contributed by atoms with Crippen LogP contribution in [0.2, 0.25) is 0 Å². The second kappa shape index (κ2) is 10.0. The first kappa shape index (κ1) is 22.3. The monoisotopic (exact) mass is 389 g/mol. The minimum atomic E-state index is -0.548. The molecule has 2 aliphatic rings. The molecule has 2 rings (SSSR count). The van der Waals surface area contributed by atoms with E-state index in [1.54, 1.807) is 11.6 Å². The number of amidine groups is 1. The van der Waals surface area contributed by atoms with Crippen LogP contribution in [-0.2, 0) is 4.79 Å². The number of amides is 1. The summed E-state index contributed by atoms with van der Waals surface area (Å²) in [6, 6.07) is 0.430. The Hall–Kier alpha value is -1.96. The van der Waals surface area contributed by atoms with E-state index in [1.165, 1.54) is 6.08 Å². The topological polar surface area (TPSA) is 80.2 Å². The highest BCUT2D eigenvalue weighted by Gasteiger charge is 2.41. The number of aliphatic imine (C=N–C) groups is 1. The van der Waals surface area contributed by atoms with Gasteiger partial charge in [-0.25, -0.2) is 5.48 Å². The van der Waals surface area contributed by atoms with Crippen molar-refractivity contribution in [3.8, 4) is 0 Å². The average Bonchev–Trinajstić information content (AvgIpc) is 3.04. The molecule has 0 aromatic rings. The second-order valence-electron chi connectivity index (χ2n) is 8.27. The van der Waals surface area contributed by atoms with Gasteiger partial charge in [-0.05, 0) is 42.3 Å². The highest BCUT2D eigenvalue weighted by Crippen LogP contribution is 2.34. The van der Waals surface area contributed by atoms with Gasteiger partial charge in [0.1, 0.15) is 5.84 Å². The van der Waals surface area contributed by atoms with E-state index >= 15 is 0 Å². The molecule has 2 aliphatic heterocycles. The molecule has 3 N–H and O–H groups in total. The van der Waals surface area contributed by atoms with Crippen molar-refractivity contribution < 1.29 is 10.0 Å². The molecule has 28 heavy (non-hydrogen) atoms. The fourth-order valence-corrected chi connectivity index (χ4v) is 3.60. The number of allylic oxidation sites excluding steroid dienone is 3. The molecule has 0 aromatic heterocycles.